The largest absolute Gasteiger partial charge is 0.380 e. The molecule has 3 aromatic rings. The second-order valence-corrected chi connectivity index (χ2v) is 8.77. The van der Waals surface area contributed by atoms with E-state index < -0.39 is 5.60 Å². The number of fused-ring (bicyclic) bond motifs is 4. The van der Waals surface area contributed by atoms with Gasteiger partial charge in [-0.25, -0.2) is 9.37 Å². The molecule has 0 unspecified atom stereocenters. The Labute approximate surface area is 184 Å². The van der Waals surface area contributed by atoms with Crippen LogP contribution < -0.4 is 5.56 Å². The van der Waals surface area contributed by atoms with Crippen molar-refractivity contribution in [1.29, 1.82) is 0 Å². The Kier molecular flexibility index (Phi) is 4.80. The number of ether oxygens (including phenoxy) is 1. The first kappa shape index (κ1) is 21.0. The Balaban J connectivity index is 1.85. The average Bonchev–Trinajstić information content (AvgIpc) is 3.17. The minimum absolute atomic E-state index is 0.0161. The summed E-state index contributed by atoms with van der Waals surface area (Å²) in [6.45, 7) is 3.84. The highest BCUT2D eigenvalue weighted by atomic mass is 19.1. The molecular weight excluding hydrogens is 411 g/mol. The Bertz CT molecular complexity index is 1360. The molecule has 6 nitrogen and oxygen atoms in total. The van der Waals surface area contributed by atoms with Crippen LogP contribution in [0.2, 0.25) is 0 Å². The fourth-order valence-corrected chi connectivity index (χ4v) is 5.31. The lowest BCUT2D eigenvalue weighted by atomic mass is 9.84. The van der Waals surface area contributed by atoms with Crippen molar-refractivity contribution in [2.24, 2.45) is 0 Å². The van der Waals surface area contributed by atoms with E-state index in [1.807, 2.05) is 0 Å². The van der Waals surface area contributed by atoms with Crippen LogP contribution in [0.15, 0.2) is 16.9 Å². The monoisotopic (exact) mass is 436 g/mol. The predicted molar refractivity (Wildman–Crippen MR) is 118 cm³/mol. The van der Waals surface area contributed by atoms with E-state index in [1.165, 1.54) is 13.2 Å². The van der Waals surface area contributed by atoms with Crippen LogP contribution >= 0.6 is 0 Å². The summed E-state index contributed by atoms with van der Waals surface area (Å²) in [5.41, 5.74) is 3.90. The number of rotatable bonds is 5. The van der Waals surface area contributed by atoms with Crippen LogP contribution in [0, 0.1) is 12.7 Å². The number of aromatic nitrogens is 2. The molecule has 0 radical (unpaired) electrons. The van der Waals surface area contributed by atoms with Crippen molar-refractivity contribution in [3.63, 3.8) is 0 Å². The number of carbonyl (C=O) groups is 1. The lowest BCUT2D eigenvalue weighted by molar-refractivity contribution is -0.125. The molecule has 2 aliphatic rings. The fourth-order valence-electron chi connectivity index (χ4n) is 5.31. The molecule has 1 aliphatic carbocycles. The number of hydrogen-bond donors (Lipinski definition) is 1. The highest BCUT2D eigenvalue weighted by Gasteiger charge is 2.36. The number of hydrogen-bond acceptors (Lipinski definition) is 5. The van der Waals surface area contributed by atoms with Gasteiger partial charge in [-0.05, 0) is 55.4 Å². The van der Waals surface area contributed by atoms with Crippen LogP contribution in [0.1, 0.15) is 53.1 Å². The molecule has 0 saturated heterocycles. The second kappa shape index (κ2) is 7.32. The molecule has 32 heavy (non-hydrogen) atoms. The summed E-state index contributed by atoms with van der Waals surface area (Å²) < 4.78 is 21.5. The zero-order valence-electron chi connectivity index (χ0n) is 18.4. The van der Waals surface area contributed by atoms with Gasteiger partial charge in [0.15, 0.2) is 6.29 Å². The molecule has 0 saturated carbocycles. The zero-order chi connectivity index (χ0) is 22.8. The number of aliphatic hydroxyl groups is 1. The smallest absolute Gasteiger partial charge is 0.257 e. The number of aldehydes is 1. The van der Waals surface area contributed by atoms with Crippen molar-refractivity contribution >= 4 is 17.2 Å². The van der Waals surface area contributed by atoms with Crippen molar-refractivity contribution in [3.8, 4) is 11.4 Å². The van der Waals surface area contributed by atoms with Gasteiger partial charge in [-0.3, -0.25) is 9.59 Å². The molecular formula is C25H25FN2O4. The molecule has 1 aliphatic heterocycles. The number of methoxy groups -OCH3 is 1. The van der Waals surface area contributed by atoms with Crippen LogP contribution in [0.4, 0.5) is 4.39 Å². The summed E-state index contributed by atoms with van der Waals surface area (Å²) in [6.07, 6.45) is 3.15. The van der Waals surface area contributed by atoms with E-state index in [4.69, 9.17) is 9.72 Å². The SMILES string of the molecule is CC[C@@](O)(C=O)c1cc2n(c(=O)c1COC)Cc1c-2nc2cc(F)c(C)c3c2c1CCC3. The van der Waals surface area contributed by atoms with E-state index in [0.29, 0.717) is 35.3 Å². The second-order valence-electron chi connectivity index (χ2n) is 8.77. The summed E-state index contributed by atoms with van der Waals surface area (Å²) in [5.74, 6) is -0.277. The van der Waals surface area contributed by atoms with Crippen LogP contribution in [0.5, 0.6) is 0 Å². The molecule has 0 spiro atoms. The standard InChI is InChI=1S/C25H25FN2O4/c1-4-25(31,12-29)18-8-21-23-16(10-28(21)24(30)17(18)11-32-3)15-7-5-6-14-13(2)19(26)9-20(27-23)22(14)15/h8-9,12,31H,4-7,10-11H2,1-3H3/t25-/m1/s1. The first-order valence-corrected chi connectivity index (χ1v) is 10.9. The van der Waals surface area contributed by atoms with Crippen LogP contribution in [0.25, 0.3) is 22.3 Å². The number of halogens is 1. The summed E-state index contributed by atoms with van der Waals surface area (Å²) in [6, 6.07) is 3.15. The number of carbonyl (C=O) groups excluding carboxylic acids is 1. The zero-order valence-corrected chi connectivity index (χ0v) is 18.4. The fraction of sp³-hybridized carbons (Fsp3) is 0.400. The number of pyridine rings is 2. The number of nitrogens with zero attached hydrogens (tertiary/aromatic N) is 2. The highest BCUT2D eigenvalue weighted by Crippen LogP contribution is 2.42. The van der Waals surface area contributed by atoms with E-state index in [1.54, 1.807) is 24.5 Å². The quantitative estimate of drug-likeness (QED) is 0.486. The molecule has 0 fully saturated rings. The first-order valence-electron chi connectivity index (χ1n) is 10.9. The Hall–Kier alpha value is -2.90. The number of aryl methyl sites for hydroxylation is 2. The van der Waals surface area contributed by atoms with Gasteiger partial charge < -0.3 is 14.4 Å². The Morgan fingerprint density at radius 1 is 1.28 bits per heavy atom. The molecule has 2 aromatic heterocycles. The van der Waals surface area contributed by atoms with Crippen LogP contribution in [0.3, 0.4) is 0 Å². The van der Waals surface area contributed by atoms with E-state index >= 15 is 0 Å². The molecule has 0 amide bonds. The first-order chi connectivity index (χ1) is 15.3. The molecule has 7 heteroatoms. The third-order valence-corrected chi connectivity index (χ3v) is 7.12. The minimum Gasteiger partial charge on any atom is -0.380 e. The maximum atomic E-state index is 14.6. The summed E-state index contributed by atoms with van der Waals surface area (Å²) >= 11 is 0. The van der Waals surface area contributed by atoms with Gasteiger partial charge in [-0.15, -0.1) is 0 Å². The van der Waals surface area contributed by atoms with Crippen molar-refractivity contribution in [2.45, 2.75) is 58.3 Å². The van der Waals surface area contributed by atoms with E-state index in [0.717, 1.165) is 41.3 Å². The van der Waals surface area contributed by atoms with Gasteiger partial charge in [0.2, 0.25) is 0 Å². The average molecular weight is 436 g/mol. The summed E-state index contributed by atoms with van der Waals surface area (Å²) in [4.78, 5) is 30.1. The van der Waals surface area contributed by atoms with Crippen molar-refractivity contribution < 1.29 is 19.0 Å². The molecule has 0 bridgehead atoms. The highest BCUT2D eigenvalue weighted by molar-refractivity contribution is 5.92. The van der Waals surface area contributed by atoms with Crippen molar-refractivity contribution in [1.82, 2.24) is 9.55 Å². The van der Waals surface area contributed by atoms with Gasteiger partial charge >= 0.3 is 0 Å². The van der Waals surface area contributed by atoms with E-state index in [9.17, 15) is 19.1 Å². The van der Waals surface area contributed by atoms with Gasteiger partial charge in [0.1, 0.15) is 11.4 Å². The molecule has 166 valence electrons. The predicted octanol–water partition coefficient (Wildman–Crippen LogP) is 3.30. The van der Waals surface area contributed by atoms with Gasteiger partial charge in [-0.1, -0.05) is 6.92 Å². The topological polar surface area (TPSA) is 81.4 Å². The third-order valence-electron chi connectivity index (χ3n) is 7.12. The van der Waals surface area contributed by atoms with Gasteiger partial charge in [0, 0.05) is 35.3 Å². The normalized spacial score (nSPS) is 16.0. The number of benzene rings is 1. The van der Waals surface area contributed by atoms with Crippen molar-refractivity contribution in [2.75, 3.05) is 7.11 Å². The summed E-state index contributed by atoms with van der Waals surface area (Å²) in [7, 11) is 1.47. The van der Waals surface area contributed by atoms with E-state index in [-0.39, 0.29) is 35.5 Å². The Morgan fingerprint density at radius 2 is 2.03 bits per heavy atom. The molecule has 5 rings (SSSR count). The van der Waals surface area contributed by atoms with Gasteiger partial charge in [-0.2, -0.15) is 0 Å². The molecule has 1 atom stereocenters. The third kappa shape index (κ3) is 2.74. The Morgan fingerprint density at radius 3 is 2.72 bits per heavy atom. The van der Waals surface area contributed by atoms with Crippen LogP contribution in [-0.2, 0) is 41.1 Å². The van der Waals surface area contributed by atoms with Crippen LogP contribution in [-0.4, -0.2) is 28.1 Å². The summed E-state index contributed by atoms with van der Waals surface area (Å²) in [5, 5.41) is 12.0. The molecule has 3 heterocycles. The molecule has 1 aromatic carbocycles. The van der Waals surface area contributed by atoms with Crippen molar-refractivity contribution in [3.05, 3.63) is 61.7 Å². The van der Waals surface area contributed by atoms with E-state index in [2.05, 4.69) is 0 Å². The minimum atomic E-state index is -1.80. The lowest BCUT2D eigenvalue weighted by Gasteiger charge is -2.24. The molecule has 1 N–H and O–H groups in total. The van der Waals surface area contributed by atoms with Gasteiger partial charge in [0.05, 0.1) is 30.1 Å². The maximum absolute atomic E-state index is 14.6. The lowest BCUT2D eigenvalue weighted by Crippen LogP contribution is -2.34. The maximum Gasteiger partial charge on any atom is 0.257 e. The van der Waals surface area contributed by atoms with Gasteiger partial charge in [0.25, 0.3) is 5.56 Å².